The van der Waals surface area contributed by atoms with E-state index in [9.17, 15) is 4.79 Å². The summed E-state index contributed by atoms with van der Waals surface area (Å²) >= 11 is 0. The highest BCUT2D eigenvalue weighted by Crippen LogP contribution is 2.24. The van der Waals surface area contributed by atoms with Crippen molar-refractivity contribution in [1.29, 1.82) is 0 Å². The SMILES string of the molecule is COc1ccc(C(=O)N[C@H](C)CCc2ccccc2)cc1COc1cc(C)cc(C)c1. The first-order valence-corrected chi connectivity index (χ1v) is 10.7. The summed E-state index contributed by atoms with van der Waals surface area (Å²) < 4.78 is 11.5. The molecule has 4 nitrogen and oxygen atoms in total. The number of nitrogens with one attached hydrogen (secondary N) is 1. The van der Waals surface area contributed by atoms with Crippen LogP contribution < -0.4 is 14.8 Å². The molecule has 0 radical (unpaired) electrons. The Kier molecular flexibility index (Phi) is 7.71. The molecule has 0 aromatic heterocycles. The zero-order valence-electron chi connectivity index (χ0n) is 18.8. The molecule has 0 saturated heterocycles. The van der Waals surface area contributed by atoms with E-state index in [1.165, 1.54) is 5.56 Å². The monoisotopic (exact) mass is 417 g/mol. The quantitative estimate of drug-likeness (QED) is 0.490. The summed E-state index contributed by atoms with van der Waals surface area (Å²) in [6.45, 7) is 6.46. The largest absolute Gasteiger partial charge is 0.496 e. The van der Waals surface area contributed by atoms with Gasteiger partial charge in [0.2, 0.25) is 0 Å². The third kappa shape index (κ3) is 6.61. The van der Waals surface area contributed by atoms with E-state index in [4.69, 9.17) is 9.47 Å². The topological polar surface area (TPSA) is 47.6 Å². The number of rotatable bonds is 9. The molecule has 1 N–H and O–H groups in total. The van der Waals surface area contributed by atoms with Crippen LogP contribution in [0.3, 0.4) is 0 Å². The van der Waals surface area contributed by atoms with Crippen LogP contribution in [0.2, 0.25) is 0 Å². The minimum Gasteiger partial charge on any atom is -0.496 e. The van der Waals surface area contributed by atoms with Gasteiger partial charge in [0, 0.05) is 17.2 Å². The molecule has 0 fully saturated rings. The van der Waals surface area contributed by atoms with Crippen molar-refractivity contribution in [2.75, 3.05) is 7.11 Å². The minimum absolute atomic E-state index is 0.0739. The summed E-state index contributed by atoms with van der Waals surface area (Å²) in [5.74, 6) is 1.43. The van der Waals surface area contributed by atoms with Gasteiger partial charge in [-0.1, -0.05) is 36.4 Å². The zero-order valence-corrected chi connectivity index (χ0v) is 18.8. The molecule has 0 unspecified atom stereocenters. The number of benzene rings is 3. The molecule has 0 bridgehead atoms. The Hall–Kier alpha value is -3.27. The molecule has 162 valence electrons. The highest BCUT2D eigenvalue weighted by molar-refractivity contribution is 5.94. The summed E-state index contributed by atoms with van der Waals surface area (Å²) in [4.78, 5) is 12.8. The Labute approximate surface area is 185 Å². The summed E-state index contributed by atoms with van der Waals surface area (Å²) in [6.07, 6.45) is 1.81. The molecule has 0 aliphatic heterocycles. The summed E-state index contributed by atoms with van der Waals surface area (Å²) in [7, 11) is 1.63. The van der Waals surface area contributed by atoms with Crippen molar-refractivity contribution in [2.45, 2.75) is 46.3 Å². The Balaban J connectivity index is 1.63. The molecule has 3 aromatic rings. The van der Waals surface area contributed by atoms with Gasteiger partial charge in [-0.05, 0) is 80.6 Å². The molecule has 3 rings (SSSR count). The Bertz CT molecular complexity index is 994. The molecule has 0 spiro atoms. The number of carbonyl (C=O) groups is 1. The van der Waals surface area contributed by atoms with Gasteiger partial charge in [0.05, 0.1) is 7.11 Å². The average molecular weight is 418 g/mol. The van der Waals surface area contributed by atoms with Gasteiger partial charge in [0.15, 0.2) is 0 Å². The van der Waals surface area contributed by atoms with E-state index in [0.29, 0.717) is 17.9 Å². The lowest BCUT2D eigenvalue weighted by Crippen LogP contribution is -2.33. The fourth-order valence-electron chi connectivity index (χ4n) is 3.62. The van der Waals surface area contributed by atoms with Gasteiger partial charge in [0.25, 0.3) is 5.91 Å². The van der Waals surface area contributed by atoms with Crippen LogP contribution in [0, 0.1) is 13.8 Å². The van der Waals surface area contributed by atoms with Gasteiger partial charge in [-0.15, -0.1) is 0 Å². The van der Waals surface area contributed by atoms with Gasteiger partial charge in [-0.25, -0.2) is 0 Å². The predicted molar refractivity (Wildman–Crippen MR) is 125 cm³/mol. The summed E-state index contributed by atoms with van der Waals surface area (Å²) in [5.41, 5.74) is 5.02. The molecule has 1 amide bonds. The lowest BCUT2D eigenvalue weighted by atomic mass is 10.1. The van der Waals surface area contributed by atoms with Crippen molar-refractivity contribution in [2.24, 2.45) is 0 Å². The molecule has 4 heteroatoms. The molecule has 0 saturated carbocycles. The smallest absolute Gasteiger partial charge is 0.251 e. The highest BCUT2D eigenvalue weighted by atomic mass is 16.5. The van der Waals surface area contributed by atoms with Crippen LogP contribution in [0.15, 0.2) is 66.7 Å². The number of hydrogen-bond acceptors (Lipinski definition) is 3. The van der Waals surface area contributed by atoms with Crippen LogP contribution in [0.5, 0.6) is 11.5 Å². The third-order valence-corrected chi connectivity index (χ3v) is 5.22. The van der Waals surface area contributed by atoms with Crippen molar-refractivity contribution in [3.05, 3.63) is 94.5 Å². The van der Waals surface area contributed by atoms with E-state index >= 15 is 0 Å². The van der Waals surface area contributed by atoms with E-state index in [1.54, 1.807) is 13.2 Å². The average Bonchev–Trinajstić information content (AvgIpc) is 2.76. The minimum atomic E-state index is -0.0872. The maximum Gasteiger partial charge on any atom is 0.251 e. The molecule has 3 aromatic carbocycles. The maximum absolute atomic E-state index is 12.8. The highest BCUT2D eigenvalue weighted by Gasteiger charge is 2.13. The van der Waals surface area contributed by atoms with Crippen LogP contribution >= 0.6 is 0 Å². The van der Waals surface area contributed by atoms with Crippen molar-refractivity contribution >= 4 is 5.91 Å². The molecule has 0 aliphatic carbocycles. The van der Waals surface area contributed by atoms with Gasteiger partial charge >= 0.3 is 0 Å². The Morgan fingerprint density at radius 2 is 1.68 bits per heavy atom. The Morgan fingerprint density at radius 1 is 0.968 bits per heavy atom. The molecule has 31 heavy (non-hydrogen) atoms. The lowest BCUT2D eigenvalue weighted by molar-refractivity contribution is 0.0938. The van der Waals surface area contributed by atoms with Crippen LogP contribution in [-0.2, 0) is 13.0 Å². The second-order valence-corrected chi connectivity index (χ2v) is 8.04. The zero-order chi connectivity index (χ0) is 22.2. The van der Waals surface area contributed by atoms with Gasteiger partial charge < -0.3 is 14.8 Å². The maximum atomic E-state index is 12.8. The number of ether oxygens (including phenoxy) is 2. The summed E-state index contributed by atoms with van der Waals surface area (Å²) in [5, 5.41) is 3.10. The normalized spacial score (nSPS) is 11.6. The Morgan fingerprint density at radius 3 is 2.35 bits per heavy atom. The van der Waals surface area contributed by atoms with E-state index in [1.807, 2.05) is 63.2 Å². The number of amides is 1. The molecular weight excluding hydrogens is 386 g/mol. The molecule has 0 heterocycles. The van der Waals surface area contributed by atoms with Crippen LogP contribution in [0.25, 0.3) is 0 Å². The van der Waals surface area contributed by atoms with Crippen LogP contribution in [0.1, 0.15) is 46.0 Å². The lowest BCUT2D eigenvalue weighted by Gasteiger charge is -2.16. The predicted octanol–water partition coefficient (Wildman–Crippen LogP) is 5.64. The molecule has 0 aliphatic rings. The number of aryl methyl sites for hydroxylation is 3. The van der Waals surface area contributed by atoms with Crippen molar-refractivity contribution < 1.29 is 14.3 Å². The molecular formula is C27H31NO3. The first kappa shape index (κ1) is 22.4. The van der Waals surface area contributed by atoms with Gasteiger partial charge in [-0.3, -0.25) is 4.79 Å². The van der Waals surface area contributed by atoms with E-state index in [2.05, 4.69) is 23.5 Å². The van der Waals surface area contributed by atoms with Crippen molar-refractivity contribution in [3.8, 4) is 11.5 Å². The van der Waals surface area contributed by atoms with Crippen LogP contribution in [0.4, 0.5) is 0 Å². The number of methoxy groups -OCH3 is 1. The number of hydrogen-bond donors (Lipinski definition) is 1. The van der Waals surface area contributed by atoms with Crippen LogP contribution in [-0.4, -0.2) is 19.1 Å². The van der Waals surface area contributed by atoms with E-state index < -0.39 is 0 Å². The van der Waals surface area contributed by atoms with Gasteiger partial charge in [-0.2, -0.15) is 0 Å². The molecule has 1 atom stereocenters. The fraction of sp³-hybridized carbons (Fsp3) is 0.296. The second kappa shape index (κ2) is 10.7. The first-order chi connectivity index (χ1) is 14.9. The third-order valence-electron chi connectivity index (χ3n) is 5.22. The van der Waals surface area contributed by atoms with E-state index in [-0.39, 0.29) is 11.9 Å². The second-order valence-electron chi connectivity index (χ2n) is 8.04. The van der Waals surface area contributed by atoms with Gasteiger partial charge in [0.1, 0.15) is 18.1 Å². The standard InChI is InChI=1S/C27H31NO3/c1-19-14-20(2)16-25(15-19)31-18-24-17-23(12-13-26(24)30-4)27(29)28-21(3)10-11-22-8-6-5-7-9-22/h5-9,12-17,21H,10-11,18H2,1-4H3,(H,28,29)/t21-/m1/s1. The van der Waals surface area contributed by atoms with E-state index in [0.717, 1.165) is 35.3 Å². The fourth-order valence-corrected chi connectivity index (χ4v) is 3.62. The van der Waals surface area contributed by atoms with Crippen molar-refractivity contribution in [1.82, 2.24) is 5.32 Å². The van der Waals surface area contributed by atoms with Crippen molar-refractivity contribution in [3.63, 3.8) is 0 Å². The number of carbonyl (C=O) groups excluding carboxylic acids is 1. The first-order valence-electron chi connectivity index (χ1n) is 10.7. The summed E-state index contributed by atoms with van der Waals surface area (Å²) in [6, 6.07) is 22.0.